The third-order valence-electron chi connectivity index (χ3n) is 4.66. The van der Waals surface area contributed by atoms with Crippen molar-refractivity contribution in [3.63, 3.8) is 0 Å². The molecule has 4 rings (SSSR count). The quantitative estimate of drug-likeness (QED) is 0.687. The molecule has 1 aromatic carbocycles. The first kappa shape index (κ1) is 19.8. The Balaban J connectivity index is 0.00000225. The minimum atomic E-state index is -2.81. The van der Waals surface area contributed by atoms with Crippen LogP contribution in [0, 0.1) is 0 Å². The van der Waals surface area contributed by atoms with Crippen LogP contribution < -0.4 is 10.6 Å². The van der Waals surface area contributed by atoms with E-state index in [1.54, 1.807) is 0 Å². The Kier molecular flexibility index (Phi) is 5.93. The van der Waals surface area contributed by atoms with Gasteiger partial charge in [0.25, 0.3) is 11.8 Å². The number of aromatic nitrogens is 4. The van der Waals surface area contributed by atoms with E-state index in [0.717, 1.165) is 25.9 Å². The van der Waals surface area contributed by atoms with E-state index in [2.05, 4.69) is 42.9 Å². The van der Waals surface area contributed by atoms with Crippen molar-refractivity contribution in [2.24, 2.45) is 0 Å². The summed E-state index contributed by atoms with van der Waals surface area (Å²) in [5.74, 6) is -0.292. The molecule has 0 amide bonds. The molecule has 148 valence electrons. The Morgan fingerprint density at radius 1 is 1.04 bits per heavy atom. The highest BCUT2D eigenvalue weighted by Crippen LogP contribution is 2.34. The van der Waals surface area contributed by atoms with Crippen LogP contribution in [-0.4, -0.2) is 33.3 Å². The van der Waals surface area contributed by atoms with E-state index >= 15 is 0 Å². The van der Waals surface area contributed by atoms with Gasteiger partial charge in [-0.15, -0.1) is 10.2 Å². The number of piperidine rings is 1. The van der Waals surface area contributed by atoms with Crippen LogP contribution in [0.4, 0.5) is 14.7 Å². The Morgan fingerprint density at radius 3 is 2.32 bits per heavy atom. The third-order valence-corrected chi connectivity index (χ3v) is 4.66. The number of nitrogens with one attached hydrogen (secondary N) is 2. The van der Waals surface area contributed by atoms with E-state index in [0.29, 0.717) is 11.5 Å². The van der Waals surface area contributed by atoms with Crippen molar-refractivity contribution < 1.29 is 13.2 Å². The van der Waals surface area contributed by atoms with Crippen LogP contribution in [0.1, 0.15) is 38.1 Å². The molecule has 1 aliphatic heterocycles. The lowest BCUT2D eigenvalue weighted by atomic mass is 9.81. The largest absolute Gasteiger partial charge is 0.415 e. The predicted molar refractivity (Wildman–Crippen MR) is 101 cm³/mol. The molecule has 0 atom stereocenters. The van der Waals surface area contributed by atoms with Gasteiger partial charge in [0.2, 0.25) is 5.95 Å². The van der Waals surface area contributed by atoms with Crippen LogP contribution in [-0.2, 0) is 5.54 Å². The number of rotatable bonds is 5. The molecule has 1 aliphatic rings. The maximum Gasteiger partial charge on any atom is 0.314 e. The first-order chi connectivity index (χ1) is 13.2. The number of nitrogens with zero attached hydrogens (tertiary/aromatic N) is 4. The summed E-state index contributed by atoms with van der Waals surface area (Å²) < 4.78 is 30.1. The summed E-state index contributed by atoms with van der Waals surface area (Å²) in [5.41, 5.74) is 1.30. The summed E-state index contributed by atoms with van der Waals surface area (Å²) >= 11 is 0. The van der Waals surface area contributed by atoms with Gasteiger partial charge in [-0.3, -0.25) is 0 Å². The molecule has 28 heavy (non-hydrogen) atoms. The summed E-state index contributed by atoms with van der Waals surface area (Å²) in [6.07, 6.45) is 1.95. The van der Waals surface area contributed by atoms with Gasteiger partial charge >= 0.3 is 6.43 Å². The van der Waals surface area contributed by atoms with Gasteiger partial charge in [0.15, 0.2) is 0 Å². The molecule has 1 fully saturated rings. The van der Waals surface area contributed by atoms with Crippen molar-refractivity contribution in [3.05, 3.63) is 54.2 Å². The zero-order valence-corrected chi connectivity index (χ0v) is 14.4. The second-order valence-corrected chi connectivity index (χ2v) is 6.36. The van der Waals surface area contributed by atoms with Gasteiger partial charge in [-0.25, -0.2) is 9.97 Å². The van der Waals surface area contributed by atoms with Gasteiger partial charge < -0.3 is 15.1 Å². The van der Waals surface area contributed by atoms with Crippen LogP contribution in [0.25, 0.3) is 11.5 Å². The van der Waals surface area contributed by atoms with Gasteiger partial charge in [0.05, 0.1) is 11.1 Å². The van der Waals surface area contributed by atoms with E-state index in [1.165, 1.54) is 18.0 Å². The fourth-order valence-electron chi connectivity index (χ4n) is 3.25. The molecule has 0 bridgehead atoms. The zero-order valence-electron chi connectivity index (χ0n) is 14.4. The Morgan fingerprint density at radius 2 is 1.71 bits per heavy atom. The van der Waals surface area contributed by atoms with Crippen LogP contribution in [0.5, 0.6) is 0 Å². The van der Waals surface area contributed by atoms with Crippen LogP contribution in [0.2, 0.25) is 0 Å². The van der Waals surface area contributed by atoms with E-state index < -0.39 is 12.3 Å². The summed E-state index contributed by atoms with van der Waals surface area (Å²) in [6.45, 7) is 1.77. The van der Waals surface area contributed by atoms with Gasteiger partial charge in [-0.2, -0.15) is 8.78 Å². The van der Waals surface area contributed by atoms with Crippen molar-refractivity contribution in [1.29, 1.82) is 0 Å². The molecule has 3 aromatic rings. The lowest BCUT2D eigenvalue weighted by molar-refractivity contribution is 0.116. The van der Waals surface area contributed by atoms with Crippen molar-refractivity contribution in [1.82, 2.24) is 25.5 Å². The number of benzene rings is 1. The van der Waals surface area contributed by atoms with Crippen molar-refractivity contribution >= 4 is 5.95 Å². The average Bonchev–Trinajstić information content (AvgIpc) is 3.21. The third kappa shape index (κ3) is 3.99. The maximum atomic E-state index is 12.6. The Hall–Kier alpha value is -2.94. The molecule has 0 saturated carbocycles. The number of alkyl halides is 2. The highest BCUT2D eigenvalue weighted by atomic mass is 19.3. The van der Waals surface area contributed by atoms with E-state index in [4.69, 9.17) is 4.42 Å². The van der Waals surface area contributed by atoms with Crippen molar-refractivity contribution in [2.75, 3.05) is 18.4 Å². The SMILES string of the molecule is C.FC(F)c1nnc(-c2cnc(NC3(c4ccccc4)CCNCC3)nc2)o1. The van der Waals surface area contributed by atoms with Gasteiger partial charge in [-0.1, -0.05) is 37.8 Å². The van der Waals surface area contributed by atoms with Crippen LogP contribution >= 0.6 is 0 Å². The summed E-state index contributed by atoms with van der Waals surface area (Å²) in [6, 6.07) is 10.2. The number of hydrogen-bond acceptors (Lipinski definition) is 7. The van der Waals surface area contributed by atoms with Gasteiger partial charge in [-0.05, 0) is 31.5 Å². The molecule has 0 radical (unpaired) electrons. The van der Waals surface area contributed by atoms with Crippen LogP contribution in [0.3, 0.4) is 0 Å². The molecule has 2 N–H and O–H groups in total. The average molecular weight is 388 g/mol. The first-order valence-corrected chi connectivity index (χ1v) is 8.65. The smallest absolute Gasteiger partial charge is 0.314 e. The molecule has 2 aromatic heterocycles. The number of hydrogen-bond donors (Lipinski definition) is 2. The monoisotopic (exact) mass is 388 g/mol. The second-order valence-electron chi connectivity index (χ2n) is 6.36. The van der Waals surface area contributed by atoms with Crippen molar-refractivity contribution in [2.45, 2.75) is 32.2 Å². The molecule has 1 saturated heterocycles. The number of halogens is 2. The highest BCUT2D eigenvalue weighted by molar-refractivity contribution is 5.51. The molecular weight excluding hydrogens is 366 g/mol. The van der Waals surface area contributed by atoms with Gasteiger partial charge in [0, 0.05) is 12.4 Å². The number of anilines is 1. The van der Waals surface area contributed by atoms with Crippen LogP contribution in [0.15, 0.2) is 47.1 Å². The summed E-state index contributed by atoms with van der Waals surface area (Å²) in [7, 11) is 0. The minimum absolute atomic E-state index is 0. The fraction of sp³-hybridized carbons (Fsp3) is 0.368. The van der Waals surface area contributed by atoms with E-state index in [9.17, 15) is 8.78 Å². The lowest BCUT2D eigenvalue weighted by Crippen LogP contribution is -2.45. The van der Waals surface area contributed by atoms with E-state index in [1.807, 2.05) is 18.2 Å². The topological polar surface area (TPSA) is 88.8 Å². The molecule has 0 aliphatic carbocycles. The molecule has 0 spiro atoms. The molecule has 7 nitrogen and oxygen atoms in total. The first-order valence-electron chi connectivity index (χ1n) is 8.65. The van der Waals surface area contributed by atoms with E-state index in [-0.39, 0.29) is 18.9 Å². The Labute approximate surface area is 161 Å². The molecule has 3 heterocycles. The Bertz CT molecular complexity index is 879. The predicted octanol–water partition coefficient (Wildman–Crippen LogP) is 3.79. The maximum absolute atomic E-state index is 12.6. The second kappa shape index (κ2) is 8.39. The molecule has 0 unspecified atom stereocenters. The zero-order chi connectivity index (χ0) is 18.7. The lowest BCUT2D eigenvalue weighted by Gasteiger charge is -2.39. The summed E-state index contributed by atoms with van der Waals surface area (Å²) in [4.78, 5) is 8.63. The summed E-state index contributed by atoms with van der Waals surface area (Å²) in [5, 5.41) is 13.8. The van der Waals surface area contributed by atoms with Crippen molar-refractivity contribution in [3.8, 4) is 11.5 Å². The normalized spacial score (nSPS) is 15.8. The highest BCUT2D eigenvalue weighted by Gasteiger charge is 2.34. The fourth-order valence-corrected chi connectivity index (χ4v) is 3.25. The molecular formula is C19H22F2N6O. The molecule has 9 heteroatoms. The van der Waals surface area contributed by atoms with Gasteiger partial charge in [0.1, 0.15) is 0 Å². The minimum Gasteiger partial charge on any atom is -0.415 e. The standard InChI is InChI=1S/C18H18F2N6O.CH4/c19-14(20)16-26-25-15(27-16)12-10-22-17(23-11-12)24-18(6-8-21-9-7-18)13-4-2-1-3-5-13;/h1-5,10-11,14,21H,6-9H2,(H,22,23,24);1H4.